The number of amides is 1. The number of carbonyl (C=O) groups is 3. The third-order valence-electron chi connectivity index (χ3n) is 6.38. The smallest absolute Gasteiger partial charge is 0.326 e. The molecule has 1 aliphatic heterocycles. The Kier molecular flexibility index (Phi) is 6.90. The SMILES string of the molecule is CC(NCCC(C(=O)O)c1ccccc1)C(=O)N1C(C(=O)O)CC2CCCCC21. The van der Waals surface area contributed by atoms with Crippen LogP contribution < -0.4 is 5.32 Å². The normalized spacial score (nSPS) is 25.8. The van der Waals surface area contributed by atoms with Crippen molar-refractivity contribution in [2.24, 2.45) is 5.92 Å². The molecule has 1 aliphatic carbocycles. The van der Waals surface area contributed by atoms with E-state index in [0.29, 0.717) is 19.4 Å². The number of carboxylic acid groups (broad SMARTS) is 2. The Balaban J connectivity index is 1.60. The summed E-state index contributed by atoms with van der Waals surface area (Å²) < 4.78 is 0. The summed E-state index contributed by atoms with van der Waals surface area (Å²) in [7, 11) is 0. The molecule has 2 fully saturated rings. The standard InChI is InChI=1S/C22H30N2O5/c1-14(23-12-11-17(21(26)27)15-7-3-2-4-8-15)20(25)24-18-10-6-5-9-16(18)13-19(24)22(28)29/h2-4,7-8,14,16-19,23H,5-6,9-13H2,1H3,(H,26,27)(H,28,29). The van der Waals surface area contributed by atoms with Crippen molar-refractivity contribution in [3.8, 4) is 0 Å². The van der Waals surface area contributed by atoms with Gasteiger partial charge in [0.1, 0.15) is 6.04 Å². The Morgan fingerprint density at radius 2 is 1.83 bits per heavy atom. The van der Waals surface area contributed by atoms with Crippen molar-refractivity contribution < 1.29 is 24.6 Å². The van der Waals surface area contributed by atoms with Crippen LogP contribution >= 0.6 is 0 Å². The summed E-state index contributed by atoms with van der Waals surface area (Å²) in [6.07, 6.45) is 4.86. The summed E-state index contributed by atoms with van der Waals surface area (Å²) in [5, 5.41) is 22.3. The van der Waals surface area contributed by atoms with Gasteiger partial charge in [-0.3, -0.25) is 9.59 Å². The molecule has 0 bridgehead atoms. The lowest BCUT2D eigenvalue weighted by atomic mass is 9.84. The van der Waals surface area contributed by atoms with Crippen molar-refractivity contribution in [3.63, 3.8) is 0 Å². The summed E-state index contributed by atoms with van der Waals surface area (Å²) in [6.45, 7) is 2.09. The van der Waals surface area contributed by atoms with Crippen LogP contribution in [0.4, 0.5) is 0 Å². The third kappa shape index (κ3) is 4.78. The van der Waals surface area contributed by atoms with E-state index in [2.05, 4.69) is 5.32 Å². The van der Waals surface area contributed by atoms with E-state index >= 15 is 0 Å². The number of rotatable bonds is 8. The van der Waals surface area contributed by atoms with Crippen molar-refractivity contribution in [3.05, 3.63) is 35.9 Å². The van der Waals surface area contributed by atoms with Gasteiger partial charge in [-0.2, -0.15) is 0 Å². The molecule has 1 saturated carbocycles. The molecule has 5 atom stereocenters. The first kappa shape index (κ1) is 21.3. The molecule has 1 saturated heterocycles. The molecule has 1 aromatic carbocycles. The number of nitrogens with zero attached hydrogens (tertiary/aromatic N) is 1. The van der Waals surface area contributed by atoms with Gasteiger partial charge in [-0.1, -0.05) is 43.2 Å². The minimum Gasteiger partial charge on any atom is -0.481 e. The molecule has 158 valence electrons. The molecule has 0 radical (unpaired) electrons. The van der Waals surface area contributed by atoms with Gasteiger partial charge in [0, 0.05) is 6.04 Å². The van der Waals surface area contributed by atoms with Gasteiger partial charge in [0.2, 0.25) is 5.91 Å². The van der Waals surface area contributed by atoms with Crippen LogP contribution in [0.25, 0.3) is 0 Å². The van der Waals surface area contributed by atoms with Crippen LogP contribution in [-0.2, 0) is 14.4 Å². The van der Waals surface area contributed by atoms with E-state index in [1.54, 1.807) is 24.0 Å². The second kappa shape index (κ2) is 9.39. The summed E-state index contributed by atoms with van der Waals surface area (Å²) in [5.41, 5.74) is 0.733. The molecule has 7 nitrogen and oxygen atoms in total. The second-order valence-corrected chi connectivity index (χ2v) is 8.21. The molecule has 1 amide bonds. The first-order valence-electron chi connectivity index (χ1n) is 10.5. The Bertz CT molecular complexity index is 738. The van der Waals surface area contributed by atoms with Crippen LogP contribution in [0.5, 0.6) is 0 Å². The van der Waals surface area contributed by atoms with E-state index in [9.17, 15) is 24.6 Å². The fraction of sp³-hybridized carbons (Fsp3) is 0.591. The number of aliphatic carboxylic acids is 2. The van der Waals surface area contributed by atoms with E-state index in [1.165, 1.54) is 0 Å². The zero-order valence-electron chi connectivity index (χ0n) is 16.8. The first-order valence-corrected chi connectivity index (χ1v) is 10.5. The molecule has 7 heteroatoms. The predicted octanol–water partition coefficient (Wildman–Crippen LogP) is 2.47. The molecule has 3 rings (SSSR count). The molecule has 5 unspecified atom stereocenters. The Morgan fingerprint density at radius 1 is 1.14 bits per heavy atom. The van der Waals surface area contributed by atoms with Gasteiger partial charge < -0.3 is 20.4 Å². The number of carboxylic acids is 2. The van der Waals surface area contributed by atoms with Crippen LogP contribution in [0.2, 0.25) is 0 Å². The van der Waals surface area contributed by atoms with Crippen molar-refractivity contribution in [2.75, 3.05) is 6.54 Å². The summed E-state index contributed by atoms with van der Waals surface area (Å²) in [4.78, 5) is 38.0. The van der Waals surface area contributed by atoms with E-state index in [4.69, 9.17) is 0 Å². The number of nitrogens with one attached hydrogen (secondary N) is 1. The van der Waals surface area contributed by atoms with Crippen LogP contribution in [0, 0.1) is 5.92 Å². The van der Waals surface area contributed by atoms with Gasteiger partial charge in [-0.15, -0.1) is 0 Å². The monoisotopic (exact) mass is 402 g/mol. The summed E-state index contributed by atoms with van der Waals surface area (Å²) >= 11 is 0. The molecule has 2 aliphatic rings. The quantitative estimate of drug-likeness (QED) is 0.617. The topological polar surface area (TPSA) is 107 Å². The number of likely N-dealkylation sites (tertiary alicyclic amines) is 1. The molecule has 0 spiro atoms. The minimum atomic E-state index is -0.935. The number of carbonyl (C=O) groups excluding carboxylic acids is 1. The molecular weight excluding hydrogens is 372 g/mol. The number of fused-ring (bicyclic) bond motifs is 1. The summed E-state index contributed by atoms with van der Waals surface area (Å²) in [6, 6.07) is 7.75. The first-order chi connectivity index (χ1) is 13.9. The van der Waals surface area contributed by atoms with E-state index in [-0.39, 0.29) is 17.9 Å². The zero-order chi connectivity index (χ0) is 21.0. The maximum absolute atomic E-state index is 13.1. The van der Waals surface area contributed by atoms with Crippen molar-refractivity contribution in [1.82, 2.24) is 10.2 Å². The molecule has 0 aromatic heterocycles. The van der Waals surface area contributed by atoms with Crippen molar-refractivity contribution in [1.29, 1.82) is 0 Å². The lowest BCUT2D eigenvalue weighted by molar-refractivity contribution is -0.150. The molecule has 3 N–H and O–H groups in total. The van der Waals surface area contributed by atoms with Gasteiger partial charge in [0.25, 0.3) is 0 Å². The van der Waals surface area contributed by atoms with Gasteiger partial charge in [-0.05, 0) is 50.6 Å². The lowest BCUT2D eigenvalue weighted by Crippen LogP contribution is -2.53. The number of hydrogen-bond donors (Lipinski definition) is 3. The van der Waals surface area contributed by atoms with E-state index in [0.717, 1.165) is 31.2 Å². The maximum atomic E-state index is 13.1. The van der Waals surface area contributed by atoms with Crippen molar-refractivity contribution >= 4 is 17.8 Å². The van der Waals surface area contributed by atoms with Crippen molar-refractivity contribution in [2.45, 2.75) is 69.5 Å². The molecule has 29 heavy (non-hydrogen) atoms. The van der Waals surface area contributed by atoms with Gasteiger partial charge in [0.15, 0.2) is 0 Å². The Morgan fingerprint density at radius 3 is 2.48 bits per heavy atom. The average molecular weight is 402 g/mol. The van der Waals surface area contributed by atoms with E-state index < -0.39 is 29.9 Å². The lowest BCUT2D eigenvalue weighted by Gasteiger charge is -2.34. The number of hydrogen-bond acceptors (Lipinski definition) is 4. The fourth-order valence-corrected chi connectivity index (χ4v) is 4.87. The Labute approximate surface area is 171 Å². The minimum absolute atomic E-state index is 0.0117. The third-order valence-corrected chi connectivity index (χ3v) is 6.38. The fourth-order valence-electron chi connectivity index (χ4n) is 4.87. The second-order valence-electron chi connectivity index (χ2n) is 8.21. The largest absolute Gasteiger partial charge is 0.481 e. The van der Waals surface area contributed by atoms with Gasteiger partial charge in [0.05, 0.1) is 12.0 Å². The highest BCUT2D eigenvalue weighted by atomic mass is 16.4. The van der Waals surface area contributed by atoms with E-state index in [1.807, 2.05) is 18.2 Å². The van der Waals surface area contributed by atoms with Crippen LogP contribution in [0.3, 0.4) is 0 Å². The van der Waals surface area contributed by atoms with Crippen LogP contribution in [-0.4, -0.2) is 57.6 Å². The average Bonchev–Trinajstić information content (AvgIpc) is 3.10. The molecule has 1 heterocycles. The number of benzene rings is 1. The molecule has 1 aromatic rings. The highest BCUT2D eigenvalue weighted by Gasteiger charge is 2.48. The highest BCUT2D eigenvalue weighted by molar-refractivity contribution is 5.88. The van der Waals surface area contributed by atoms with Gasteiger partial charge >= 0.3 is 11.9 Å². The highest BCUT2D eigenvalue weighted by Crippen LogP contribution is 2.40. The predicted molar refractivity (Wildman–Crippen MR) is 108 cm³/mol. The maximum Gasteiger partial charge on any atom is 0.326 e. The van der Waals surface area contributed by atoms with Crippen LogP contribution in [0.15, 0.2) is 30.3 Å². The summed E-state index contributed by atoms with van der Waals surface area (Å²) in [5.74, 6) is -2.40. The molecular formula is C22H30N2O5. The van der Waals surface area contributed by atoms with Gasteiger partial charge in [-0.25, -0.2) is 4.79 Å². The van der Waals surface area contributed by atoms with Crippen LogP contribution in [0.1, 0.15) is 56.9 Å². The Hall–Kier alpha value is -2.41. The zero-order valence-corrected chi connectivity index (χ0v) is 16.8.